The van der Waals surface area contributed by atoms with Crippen LogP contribution in [-0.2, 0) is 29.1 Å². The molecule has 1 N–H and O–H groups in total. The fourth-order valence-corrected chi connectivity index (χ4v) is 5.33. The number of nitrogens with one attached hydrogen (secondary N) is 1. The second-order valence-corrected chi connectivity index (χ2v) is 9.78. The van der Waals surface area contributed by atoms with Gasteiger partial charge in [-0.15, -0.1) is 0 Å². The third-order valence-electron chi connectivity index (χ3n) is 6.93. The van der Waals surface area contributed by atoms with E-state index in [2.05, 4.69) is 51.5 Å². The third-order valence-corrected chi connectivity index (χ3v) is 6.93. The molecule has 0 saturated carbocycles. The summed E-state index contributed by atoms with van der Waals surface area (Å²) in [5.74, 6) is 0.182. The zero-order valence-electron chi connectivity index (χ0n) is 19.6. The highest BCUT2D eigenvalue weighted by Crippen LogP contribution is 2.37. The molecule has 0 radical (unpaired) electrons. The largest absolute Gasteiger partial charge is 0.336 e. The van der Waals surface area contributed by atoms with E-state index in [4.69, 9.17) is 0 Å². The van der Waals surface area contributed by atoms with Gasteiger partial charge < -0.3 is 10.2 Å². The summed E-state index contributed by atoms with van der Waals surface area (Å²) in [5, 5.41) is 2.84. The van der Waals surface area contributed by atoms with Gasteiger partial charge in [0.25, 0.3) is 0 Å². The number of anilines is 1. The standard InChI is InChI=1S/C27H35N3O2/c1-20(2)26(32)29-18-24-9-5-4-8-23(24)16-27(19-29)14-6-7-15-30(27)17-22-10-12-25(13-11-22)28-21(3)31/h4-5,8-13,20H,6-7,14-19H2,1-3H3,(H,28,31). The molecular weight excluding hydrogens is 398 g/mol. The number of likely N-dealkylation sites (tertiary alicyclic amines) is 1. The molecule has 5 nitrogen and oxygen atoms in total. The molecule has 4 rings (SSSR count). The number of rotatable bonds is 4. The van der Waals surface area contributed by atoms with Crippen molar-refractivity contribution in [3.05, 3.63) is 65.2 Å². The Morgan fingerprint density at radius 3 is 2.44 bits per heavy atom. The van der Waals surface area contributed by atoms with E-state index in [0.29, 0.717) is 6.54 Å². The second-order valence-electron chi connectivity index (χ2n) is 9.78. The molecule has 2 aromatic rings. The van der Waals surface area contributed by atoms with E-state index in [1.807, 2.05) is 26.0 Å². The normalized spacial score (nSPS) is 21.3. The summed E-state index contributed by atoms with van der Waals surface area (Å²) in [5.41, 5.74) is 4.67. The number of hydrogen-bond donors (Lipinski definition) is 1. The number of benzene rings is 2. The van der Waals surface area contributed by atoms with Crippen molar-refractivity contribution in [1.82, 2.24) is 9.80 Å². The Morgan fingerprint density at radius 1 is 1.03 bits per heavy atom. The summed E-state index contributed by atoms with van der Waals surface area (Å²) in [6.07, 6.45) is 4.47. The van der Waals surface area contributed by atoms with Crippen LogP contribution >= 0.6 is 0 Å². The van der Waals surface area contributed by atoms with Gasteiger partial charge in [-0.25, -0.2) is 0 Å². The molecule has 170 valence electrons. The minimum absolute atomic E-state index is 0.00401. The van der Waals surface area contributed by atoms with Crippen LogP contribution in [0.15, 0.2) is 48.5 Å². The average molecular weight is 434 g/mol. The lowest BCUT2D eigenvalue weighted by molar-refractivity contribution is -0.137. The SMILES string of the molecule is CC(=O)Nc1ccc(CN2CCCCC23Cc2ccccc2CN(C(=O)C(C)C)C3)cc1. The van der Waals surface area contributed by atoms with Crippen molar-refractivity contribution in [1.29, 1.82) is 0 Å². The van der Waals surface area contributed by atoms with Gasteiger partial charge in [0.15, 0.2) is 0 Å². The number of nitrogens with zero attached hydrogens (tertiary/aromatic N) is 2. The molecule has 0 aliphatic carbocycles. The van der Waals surface area contributed by atoms with Crippen LogP contribution in [0.4, 0.5) is 5.69 Å². The summed E-state index contributed by atoms with van der Waals surface area (Å²) < 4.78 is 0. The van der Waals surface area contributed by atoms with E-state index in [1.165, 1.54) is 36.5 Å². The minimum Gasteiger partial charge on any atom is -0.336 e. The van der Waals surface area contributed by atoms with Gasteiger partial charge in [0.2, 0.25) is 11.8 Å². The van der Waals surface area contributed by atoms with Gasteiger partial charge in [0.1, 0.15) is 0 Å². The molecule has 1 unspecified atom stereocenters. The van der Waals surface area contributed by atoms with Crippen LogP contribution in [0.2, 0.25) is 0 Å². The molecule has 1 spiro atoms. The Bertz CT molecular complexity index is 969. The van der Waals surface area contributed by atoms with E-state index in [-0.39, 0.29) is 23.3 Å². The zero-order valence-corrected chi connectivity index (χ0v) is 19.6. The minimum atomic E-state index is -0.0558. The number of piperidine rings is 1. The molecular formula is C27H35N3O2. The fourth-order valence-electron chi connectivity index (χ4n) is 5.33. The van der Waals surface area contributed by atoms with Gasteiger partial charge >= 0.3 is 0 Å². The predicted octanol–water partition coefficient (Wildman–Crippen LogP) is 4.61. The highest BCUT2D eigenvalue weighted by atomic mass is 16.2. The Hall–Kier alpha value is -2.66. The summed E-state index contributed by atoms with van der Waals surface area (Å²) in [6.45, 7) is 8.91. The monoisotopic (exact) mass is 433 g/mol. The third kappa shape index (κ3) is 4.88. The maximum atomic E-state index is 13.1. The van der Waals surface area contributed by atoms with Crippen molar-refractivity contribution in [2.75, 3.05) is 18.4 Å². The van der Waals surface area contributed by atoms with Crippen LogP contribution in [0, 0.1) is 5.92 Å². The van der Waals surface area contributed by atoms with Crippen molar-refractivity contribution in [2.45, 2.75) is 65.1 Å². The van der Waals surface area contributed by atoms with E-state index in [9.17, 15) is 9.59 Å². The van der Waals surface area contributed by atoms with Crippen LogP contribution in [0.5, 0.6) is 0 Å². The molecule has 2 heterocycles. The van der Waals surface area contributed by atoms with E-state index in [1.54, 1.807) is 0 Å². The lowest BCUT2D eigenvalue weighted by atomic mass is 9.80. The van der Waals surface area contributed by atoms with E-state index >= 15 is 0 Å². The van der Waals surface area contributed by atoms with Crippen molar-refractivity contribution >= 4 is 17.5 Å². The average Bonchev–Trinajstić information content (AvgIpc) is 2.93. The topological polar surface area (TPSA) is 52.7 Å². The fraction of sp³-hybridized carbons (Fsp3) is 0.481. The van der Waals surface area contributed by atoms with Gasteiger partial charge in [-0.1, -0.05) is 56.7 Å². The Morgan fingerprint density at radius 2 is 1.75 bits per heavy atom. The van der Waals surface area contributed by atoms with Gasteiger partial charge in [-0.05, 0) is 54.6 Å². The van der Waals surface area contributed by atoms with Crippen LogP contribution in [0.1, 0.15) is 56.7 Å². The molecule has 5 heteroatoms. The Balaban J connectivity index is 1.64. The molecule has 32 heavy (non-hydrogen) atoms. The summed E-state index contributed by atoms with van der Waals surface area (Å²) in [4.78, 5) is 29.2. The molecule has 2 aromatic carbocycles. The first-order chi connectivity index (χ1) is 15.4. The first-order valence-corrected chi connectivity index (χ1v) is 11.8. The maximum absolute atomic E-state index is 13.1. The van der Waals surface area contributed by atoms with E-state index < -0.39 is 0 Å². The number of fused-ring (bicyclic) bond motifs is 1. The summed E-state index contributed by atoms with van der Waals surface area (Å²) in [6, 6.07) is 16.8. The molecule has 1 atom stereocenters. The molecule has 1 fully saturated rings. The quantitative estimate of drug-likeness (QED) is 0.766. The van der Waals surface area contributed by atoms with Crippen LogP contribution in [0.3, 0.4) is 0 Å². The van der Waals surface area contributed by atoms with Crippen LogP contribution in [0.25, 0.3) is 0 Å². The van der Waals surface area contributed by atoms with Gasteiger partial charge in [-0.2, -0.15) is 0 Å². The van der Waals surface area contributed by atoms with Crippen molar-refractivity contribution in [2.24, 2.45) is 5.92 Å². The highest BCUT2D eigenvalue weighted by molar-refractivity contribution is 5.88. The van der Waals surface area contributed by atoms with E-state index in [0.717, 1.165) is 38.2 Å². The molecule has 2 aliphatic heterocycles. The Labute approximate surface area is 191 Å². The highest BCUT2D eigenvalue weighted by Gasteiger charge is 2.43. The van der Waals surface area contributed by atoms with Crippen LogP contribution in [-0.4, -0.2) is 40.2 Å². The lowest BCUT2D eigenvalue weighted by Crippen LogP contribution is -2.59. The number of hydrogen-bond acceptors (Lipinski definition) is 3. The predicted molar refractivity (Wildman–Crippen MR) is 128 cm³/mol. The summed E-state index contributed by atoms with van der Waals surface area (Å²) >= 11 is 0. The lowest BCUT2D eigenvalue weighted by Gasteiger charge is -2.49. The molecule has 0 bridgehead atoms. The maximum Gasteiger partial charge on any atom is 0.225 e. The first kappa shape index (κ1) is 22.5. The molecule has 2 amide bonds. The zero-order chi connectivity index (χ0) is 22.7. The molecule has 2 aliphatic rings. The molecule has 0 aromatic heterocycles. The first-order valence-electron chi connectivity index (χ1n) is 11.8. The molecule has 1 saturated heterocycles. The Kier molecular flexibility index (Phi) is 6.66. The number of carbonyl (C=O) groups excluding carboxylic acids is 2. The van der Waals surface area contributed by atoms with Crippen molar-refractivity contribution < 1.29 is 9.59 Å². The smallest absolute Gasteiger partial charge is 0.225 e. The van der Waals surface area contributed by atoms with Gasteiger partial charge in [0.05, 0.1) is 0 Å². The second kappa shape index (κ2) is 9.45. The van der Waals surface area contributed by atoms with Crippen LogP contribution < -0.4 is 5.32 Å². The van der Waals surface area contributed by atoms with Crippen molar-refractivity contribution in [3.8, 4) is 0 Å². The van der Waals surface area contributed by atoms with Crippen molar-refractivity contribution in [3.63, 3.8) is 0 Å². The van der Waals surface area contributed by atoms with Gasteiger partial charge in [-0.3, -0.25) is 14.5 Å². The van der Waals surface area contributed by atoms with Gasteiger partial charge in [0, 0.05) is 43.7 Å². The number of amides is 2. The number of carbonyl (C=O) groups is 2. The summed E-state index contributed by atoms with van der Waals surface area (Å²) in [7, 11) is 0.